The van der Waals surface area contributed by atoms with Gasteiger partial charge in [0.05, 0.1) is 31.0 Å². The van der Waals surface area contributed by atoms with Gasteiger partial charge in [0.25, 0.3) is 0 Å². The molecule has 0 aliphatic carbocycles. The molecule has 14 heavy (non-hydrogen) atoms. The second-order valence-corrected chi connectivity index (χ2v) is 3.24. The molecule has 6 heteroatoms. The second kappa shape index (κ2) is 3.34. The van der Waals surface area contributed by atoms with Gasteiger partial charge >= 0.3 is 0 Å². The molecule has 0 atom stereocenters. The Labute approximate surface area is 84.7 Å². The Bertz CT molecular complexity index is 390. The SMILES string of the molecule is O=C1CC(=O)N(c2cnc(Cl)nc2)C1. The van der Waals surface area contributed by atoms with Crippen molar-refractivity contribution in [3.8, 4) is 0 Å². The van der Waals surface area contributed by atoms with Crippen LogP contribution in [0.5, 0.6) is 0 Å². The lowest BCUT2D eigenvalue weighted by atomic mass is 10.3. The van der Waals surface area contributed by atoms with E-state index in [-0.39, 0.29) is 29.9 Å². The van der Waals surface area contributed by atoms with Gasteiger partial charge in [0.1, 0.15) is 0 Å². The van der Waals surface area contributed by atoms with E-state index in [0.717, 1.165) is 0 Å². The summed E-state index contributed by atoms with van der Waals surface area (Å²) in [5, 5.41) is 0.117. The number of halogens is 1. The fourth-order valence-corrected chi connectivity index (χ4v) is 1.36. The minimum atomic E-state index is -0.221. The Hall–Kier alpha value is -1.49. The van der Waals surface area contributed by atoms with Crippen LogP contribution >= 0.6 is 11.6 Å². The number of rotatable bonds is 1. The zero-order chi connectivity index (χ0) is 10.1. The zero-order valence-corrected chi connectivity index (χ0v) is 7.86. The molecule has 1 aromatic heterocycles. The van der Waals surface area contributed by atoms with E-state index in [4.69, 9.17) is 11.6 Å². The summed E-state index contributed by atoms with van der Waals surface area (Å²) in [6.07, 6.45) is 2.81. The third-order valence-corrected chi connectivity index (χ3v) is 2.10. The number of nitrogens with zero attached hydrogens (tertiary/aromatic N) is 3. The number of ketones is 1. The van der Waals surface area contributed by atoms with Crippen LogP contribution in [0.3, 0.4) is 0 Å². The van der Waals surface area contributed by atoms with E-state index >= 15 is 0 Å². The van der Waals surface area contributed by atoms with Gasteiger partial charge in [-0.25, -0.2) is 9.97 Å². The zero-order valence-electron chi connectivity index (χ0n) is 7.11. The maximum Gasteiger partial charge on any atom is 0.235 e. The van der Waals surface area contributed by atoms with Crippen LogP contribution < -0.4 is 4.90 Å². The first-order valence-electron chi connectivity index (χ1n) is 3.96. The average Bonchev–Trinajstić information content (AvgIpc) is 2.47. The van der Waals surface area contributed by atoms with E-state index in [9.17, 15) is 9.59 Å². The van der Waals surface area contributed by atoms with Crippen LogP contribution in [0.4, 0.5) is 5.69 Å². The molecule has 1 aliphatic heterocycles. The number of hydrogen-bond acceptors (Lipinski definition) is 4. The largest absolute Gasteiger partial charge is 0.302 e. The number of anilines is 1. The molecule has 5 nitrogen and oxygen atoms in total. The van der Waals surface area contributed by atoms with Crippen molar-refractivity contribution in [3.63, 3.8) is 0 Å². The van der Waals surface area contributed by atoms with Crippen LogP contribution in [0.15, 0.2) is 12.4 Å². The van der Waals surface area contributed by atoms with Crippen molar-refractivity contribution in [1.29, 1.82) is 0 Å². The van der Waals surface area contributed by atoms with Gasteiger partial charge in [-0.05, 0) is 11.6 Å². The third-order valence-electron chi connectivity index (χ3n) is 1.90. The van der Waals surface area contributed by atoms with E-state index < -0.39 is 0 Å². The van der Waals surface area contributed by atoms with E-state index in [0.29, 0.717) is 5.69 Å². The Balaban J connectivity index is 2.27. The summed E-state index contributed by atoms with van der Waals surface area (Å²) in [6.45, 7) is 0.101. The Morgan fingerprint density at radius 3 is 2.43 bits per heavy atom. The minimum absolute atomic E-state index is 0.0391. The number of hydrogen-bond donors (Lipinski definition) is 0. The highest BCUT2D eigenvalue weighted by atomic mass is 35.5. The van der Waals surface area contributed by atoms with Gasteiger partial charge in [-0.3, -0.25) is 9.59 Å². The molecular formula is C8H6ClN3O2. The fraction of sp³-hybridized carbons (Fsp3) is 0.250. The molecule has 0 N–H and O–H groups in total. The van der Waals surface area contributed by atoms with Gasteiger partial charge in [0.15, 0.2) is 5.78 Å². The van der Waals surface area contributed by atoms with Gasteiger partial charge in [0, 0.05) is 0 Å². The molecular weight excluding hydrogens is 206 g/mol. The first-order chi connectivity index (χ1) is 6.66. The molecule has 1 aromatic rings. The first kappa shape index (κ1) is 9.08. The Morgan fingerprint density at radius 1 is 1.29 bits per heavy atom. The summed E-state index contributed by atoms with van der Waals surface area (Å²) in [5.74, 6) is -0.314. The van der Waals surface area contributed by atoms with Gasteiger partial charge in [-0.1, -0.05) is 0 Å². The smallest absolute Gasteiger partial charge is 0.235 e. The predicted molar refractivity (Wildman–Crippen MR) is 49.0 cm³/mol. The van der Waals surface area contributed by atoms with Crippen molar-refractivity contribution in [1.82, 2.24) is 9.97 Å². The van der Waals surface area contributed by atoms with Crippen molar-refractivity contribution in [2.75, 3.05) is 11.4 Å². The highest BCUT2D eigenvalue weighted by Gasteiger charge is 2.28. The molecule has 1 fully saturated rings. The molecule has 0 radical (unpaired) electrons. The molecule has 0 unspecified atom stereocenters. The topological polar surface area (TPSA) is 63.2 Å². The lowest BCUT2D eigenvalue weighted by Gasteiger charge is -2.12. The predicted octanol–water partition coefficient (Wildman–Crippen LogP) is 0.436. The lowest BCUT2D eigenvalue weighted by molar-refractivity contribution is -0.121. The van der Waals surface area contributed by atoms with Crippen LogP contribution in [0.1, 0.15) is 6.42 Å². The quantitative estimate of drug-likeness (QED) is 0.499. The second-order valence-electron chi connectivity index (χ2n) is 2.91. The number of carbonyl (C=O) groups is 2. The van der Waals surface area contributed by atoms with Crippen LogP contribution in [0, 0.1) is 0 Å². The van der Waals surface area contributed by atoms with Crippen molar-refractivity contribution < 1.29 is 9.59 Å². The van der Waals surface area contributed by atoms with E-state index in [1.165, 1.54) is 17.3 Å². The summed E-state index contributed by atoms with van der Waals surface area (Å²) in [7, 11) is 0. The highest BCUT2D eigenvalue weighted by molar-refractivity contribution is 6.28. The highest BCUT2D eigenvalue weighted by Crippen LogP contribution is 2.18. The standard InChI is InChI=1S/C8H6ClN3O2/c9-8-10-2-5(3-11-8)12-4-6(13)1-7(12)14/h2-3H,1,4H2. The number of Topliss-reactive ketones (excluding diaryl/α,β-unsaturated/α-hetero) is 1. The Kier molecular flexibility index (Phi) is 2.17. The summed E-state index contributed by atoms with van der Waals surface area (Å²) in [5.41, 5.74) is 0.505. The van der Waals surface area contributed by atoms with Gasteiger partial charge in [0.2, 0.25) is 11.2 Å². The van der Waals surface area contributed by atoms with Crippen molar-refractivity contribution in [3.05, 3.63) is 17.7 Å². The molecule has 1 amide bonds. The number of aromatic nitrogens is 2. The molecule has 1 aliphatic rings. The number of amides is 1. The van der Waals surface area contributed by atoms with Crippen molar-refractivity contribution in [2.45, 2.75) is 6.42 Å². The van der Waals surface area contributed by atoms with Gasteiger partial charge in [-0.2, -0.15) is 0 Å². The molecule has 0 aromatic carbocycles. The fourth-order valence-electron chi connectivity index (χ4n) is 1.26. The van der Waals surface area contributed by atoms with Crippen LogP contribution in [-0.4, -0.2) is 28.2 Å². The van der Waals surface area contributed by atoms with E-state index in [1.807, 2.05) is 0 Å². The Morgan fingerprint density at radius 2 is 1.93 bits per heavy atom. The molecule has 72 valence electrons. The summed E-state index contributed by atoms with van der Waals surface area (Å²) in [6, 6.07) is 0. The summed E-state index contributed by atoms with van der Waals surface area (Å²) < 4.78 is 0. The van der Waals surface area contributed by atoms with Crippen LogP contribution in [-0.2, 0) is 9.59 Å². The maximum atomic E-state index is 11.3. The number of carbonyl (C=O) groups excluding carboxylic acids is 2. The normalized spacial score (nSPS) is 16.5. The minimum Gasteiger partial charge on any atom is -0.302 e. The average molecular weight is 212 g/mol. The molecule has 1 saturated heterocycles. The van der Waals surface area contributed by atoms with Gasteiger partial charge < -0.3 is 4.90 Å². The maximum absolute atomic E-state index is 11.3. The van der Waals surface area contributed by atoms with Gasteiger partial charge in [-0.15, -0.1) is 0 Å². The van der Waals surface area contributed by atoms with Crippen LogP contribution in [0.2, 0.25) is 5.28 Å². The molecule has 2 heterocycles. The molecule has 0 bridgehead atoms. The molecule has 2 rings (SSSR count). The monoisotopic (exact) mass is 211 g/mol. The first-order valence-corrected chi connectivity index (χ1v) is 4.34. The summed E-state index contributed by atoms with van der Waals surface area (Å²) >= 11 is 5.49. The van der Waals surface area contributed by atoms with Crippen molar-refractivity contribution >= 4 is 29.0 Å². The van der Waals surface area contributed by atoms with E-state index in [1.54, 1.807) is 0 Å². The molecule has 0 spiro atoms. The van der Waals surface area contributed by atoms with Crippen LogP contribution in [0.25, 0.3) is 0 Å². The molecule has 0 saturated carbocycles. The lowest BCUT2D eigenvalue weighted by Crippen LogP contribution is -2.24. The van der Waals surface area contributed by atoms with Crippen molar-refractivity contribution in [2.24, 2.45) is 0 Å². The summed E-state index contributed by atoms with van der Waals surface area (Å²) in [4.78, 5) is 31.1. The third kappa shape index (κ3) is 1.58. The van der Waals surface area contributed by atoms with E-state index in [2.05, 4.69) is 9.97 Å².